The van der Waals surface area contributed by atoms with E-state index in [-0.39, 0.29) is 34.9 Å². The molecule has 0 bridgehead atoms. The Balaban J connectivity index is 1.34. The maximum atomic E-state index is 6.44. The predicted octanol–water partition coefficient (Wildman–Crippen LogP) is 7.94. The van der Waals surface area contributed by atoms with Crippen molar-refractivity contribution >= 4 is 46.3 Å². The van der Waals surface area contributed by atoms with Gasteiger partial charge in [0, 0.05) is 10.9 Å². The molecule has 0 saturated heterocycles. The van der Waals surface area contributed by atoms with Gasteiger partial charge in [-0.05, 0) is 47.4 Å². The number of hydrogen-bond donors (Lipinski definition) is 2. The first kappa shape index (κ1) is 28.7. The molecule has 1 aliphatic rings. The van der Waals surface area contributed by atoms with Gasteiger partial charge >= 0.3 is 0 Å². The van der Waals surface area contributed by atoms with Gasteiger partial charge < -0.3 is 20.5 Å². The molecule has 8 nitrogen and oxygen atoms in total. The largest absolute Gasteiger partial charge is 0.376 e. The Morgan fingerprint density at radius 2 is 1.54 bits per heavy atom. The summed E-state index contributed by atoms with van der Waals surface area (Å²) in [6, 6.07) is 26.9. The Hall–Kier alpha value is -3.82. The fourth-order valence-corrected chi connectivity index (χ4v) is 5.00. The molecule has 3 atom stereocenters. The molecule has 1 fully saturated rings. The second-order valence-electron chi connectivity index (χ2n) is 9.70. The van der Waals surface area contributed by atoms with Crippen LogP contribution >= 0.6 is 23.2 Å². The number of halogens is 2. The van der Waals surface area contributed by atoms with E-state index in [1.165, 1.54) is 0 Å². The summed E-state index contributed by atoms with van der Waals surface area (Å²) >= 11 is 12.4. The van der Waals surface area contributed by atoms with Gasteiger partial charge in [-0.15, -0.1) is 5.11 Å². The summed E-state index contributed by atoms with van der Waals surface area (Å²) in [4.78, 5) is 8.45. The molecule has 3 aromatic carbocycles. The molecule has 1 aromatic heterocycles. The number of nitrogens with two attached hydrogens (primary N) is 1. The number of nitrogens with one attached hydrogen (secondary N) is 1. The molecule has 4 aromatic rings. The number of aromatic nitrogens is 2. The van der Waals surface area contributed by atoms with E-state index in [0.29, 0.717) is 42.8 Å². The summed E-state index contributed by atoms with van der Waals surface area (Å²) in [6.45, 7) is 5.86. The van der Waals surface area contributed by atoms with E-state index in [2.05, 4.69) is 32.1 Å². The number of anilines is 2. The van der Waals surface area contributed by atoms with Crippen molar-refractivity contribution in [3.8, 4) is 0 Å². The fraction of sp³-hybridized carbons (Fsp3) is 0.226. The van der Waals surface area contributed by atoms with Gasteiger partial charge in [0.15, 0.2) is 16.7 Å². The number of rotatable bonds is 11. The van der Waals surface area contributed by atoms with E-state index in [0.717, 1.165) is 16.7 Å². The Kier molecular flexibility index (Phi) is 9.59. The molecule has 0 aliphatic heterocycles. The van der Waals surface area contributed by atoms with Gasteiger partial charge in [0.25, 0.3) is 0 Å². The Labute approximate surface area is 249 Å². The molecule has 0 amide bonds. The minimum atomic E-state index is -0.198. The molecule has 41 heavy (non-hydrogen) atoms. The van der Waals surface area contributed by atoms with Crippen LogP contribution in [0.3, 0.4) is 0 Å². The fourth-order valence-electron chi connectivity index (χ4n) is 4.66. The second-order valence-corrected chi connectivity index (χ2v) is 10.5. The molecular formula is C31H30Cl2N6O2. The lowest BCUT2D eigenvalue weighted by Gasteiger charge is -2.21. The van der Waals surface area contributed by atoms with E-state index in [1.807, 2.05) is 60.7 Å². The monoisotopic (exact) mass is 588 g/mol. The van der Waals surface area contributed by atoms with Crippen LogP contribution in [0.1, 0.15) is 17.5 Å². The highest BCUT2D eigenvalue weighted by molar-refractivity contribution is 6.32. The normalized spacial score (nSPS) is 18.7. The third-order valence-corrected chi connectivity index (χ3v) is 7.33. The van der Waals surface area contributed by atoms with Gasteiger partial charge in [-0.1, -0.05) is 90.4 Å². The number of hydrogen-bond acceptors (Lipinski definition) is 8. The lowest BCUT2D eigenvalue weighted by atomic mass is 10.0. The zero-order chi connectivity index (χ0) is 28.6. The molecule has 3 N–H and O–H groups in total. The lowest BCUT2D eigenvalue weighted by molar-refractivity contribution is -0.0114. The number of azo groups is 1. The summed E-state index contributed by atoms with van der Waals surface area (Å²) in [6.07, 6.45) is 0.505. The van der Waals surface area contributed by atoms with Crippen molar-refractivity contribution < 1.29 is 9.47 Å². The van der Waals surface area contributed by atoms with E-state index < -0.39 is 0 Å². The first-order valence-corrected chi connectivity index (χ1v) is 13.9. The van der Waals surface area contributed by atoms with Crippen LogP contribution in [0.4, 0.5) is 23.1 Å². The minimum absolute atomic E-state index is 0.0196. The first-order chi connectivity index (χ1) is 20.0. The van der Waals surface area contributed by atoms with Crippen molar-refractivity contribution in [1.82, 2.24) is 9.97 Å². The smallest absolute Gasteiger partial charge is 0.223 e. The van der Waals surface area contributed by atoms with Gasteiger partial charge in [-0.3, -0.25) is 0 Å². The highest BCUT2D eigenvalue weighted by Crippen LogP contribution is 2.39. The van der Waals surface area contributed by atoms with Crippen molar-refractivity contribution in [2.24, 2.45) is 16.1 Å². The van der Waals surface area contributed by atoms with Crippen LogP contribution in [0.2, 0.25) is 10.2 Å². The van der Waals surface area contributed by atoms with Gasteiger partial charge in [0.05, 0.1) is 37.7 Å². The first-order valence-electron chi connectivity index (χ1n) is 13.2. The van der Waals surface area contributed by atoms with Crippen LogP contribution in [-0.4, -0.2) is 28.7 Å². The highest BCUT2D eigenvalue weighted by atomic mass is 35.5. The van der Waals surface area contributed by atoms with Gasteiger partial charge in [-0.25, -0.2) is 0 Å². The molecule has 0 radical (unpaired) electrons. The van der Waals surface area contributed by atoms with Crippen molar-refractivity contribution in [2.45, 2.75) is 31.8 Å². The second kappa shape index (κ2) is 13.7. The average molecular weight is 590 g/mol. The SMILES string of the molecule is C=C1[C@@H](Nc2nc(N)nc(Cl)c2N=Nc2ccc(Cl)cc2)C[C@H](OCc2ccccc2)[C@H]1COCc1ccccc1. The van der Waals surface area contributed by atoms with Crippen molar-refractivity contribution in [2.75, 3.05) is 17.7 Å². The zero-order valence-electron chi connectivity index (χ0n) is 22.3. The molecule has 1 aliphatic carbocycles. The van der Waals surface area contributed by atoms with Crippen molar-refractivity contribution in [3.63, 3.8) is 0 Å². The van der Waals surface area contributed by atoms with Crippen molar-refractivity contribution in [1.29, 1.82) is 0 Å². The van der Waals surface area contributed by atoms with Gasteiger partial charge in [0.2, 0.25) is 5.95 Å². The maximum absolute atomic E-state index is 6.44. The number of nitrogen functional groups attached to an aromatic ring is 1. The van der Waals surface area contributed by atoms with E-state index in [4.69, 9.17) is 38.4 Å². The van der Waals surface area contributed by atoms with Crippen molar-refractivity contribution in [3.05, 3.63) is 118 Å². The van der Waals surface area contributed by atoms with Crippen LogP contribution in [0, 0.1) is 5.92 Å². The third kappa shape index (κ3) is 7.68. The summed E-state index contributed by atoms with van der Waals surface area (Å²) < 4.78 is 12.6. The number of benzene rings is 3. The number of ether oxygens (including phenoxy) is 2. The van der Waals surface area contributed by atoms with E-state index >= 15 is 0 Å². The third-order valence-electron chi connectivity index (χ3n) is 6.82. The summed E-state index contributed by atoms with van der Waals surface area (Å²) in [5.41, 5.74) is 9.96. The van der Waals surface area contributed by atoms with E-state index in [9.17, 15) is 0 Å². The molecule has 0 unspecified atom stereocenters. The summed E-state index contributed by atoms with van der Waals surface area (Å²) in [7, 11) is 0. The Bertz CT molecular complexity index is 1490. The Morgan fingerprint density at radius 1 is 0.878 bits per heavy atom. The van der Waals surface area contributed by atoms with Crippen LogP contribution in [0.25, 0.3) is 0 Å². The molecule has 1 heterocycles. The minimum Gasteiger partial charge on any atom is -0.376 e. The van der Waals surface area contributed by atoms with Crippen LogP contribution in [0.15, 0.2) is 107 Å². The Morgan fingerprint density at radius 3 is 2.22 bits per heavy atom. The highest BCUT2D eigenvalue weighted by Gasteiger charge is 2.39. The van der Waals surface area contributed by atoms with E-state index in [1.54, 1.807) is 24.3 Å². The molecule has 5 rings (SSSR count). The van der Waals surface area contributed by atoms with Crippen LogP contribution in [0.5, 0.6) is 0 Å². The molecule has 10 heteroatoms. The number of nitrogens with zero attached hydrogens (tertiary/aromatic N) is 4. The topological polar surface area (TPSA) is 107 Å². The summed E-state index contributed by atoms with van der Waals surface area (Å²) in [5.74, 6) is 0.332. The van der Waals surface area contributed by atoms with Crippen LogP contribution < -0.4 is 11.1 Å². The van der Waals surface area contributed by atoms with Crippen LogP contribution in [-0.2, 0) is 22.7 Å². The lowest BCUT2D eigenvalue weighted by Crippen LogP contribution is -2.23. The maximum Gasteiger partial charge on any atom is 0.223 e. The quantitative estimate of drug-likeness (QED) is 0.105. The van der Waals surface area contributed by atoms with Gasteiger partial charge in [-0.2, -0.15) is 15.1 Å². The average Bonchev–Trinajstić information content (AvgIpc) is 3.27. The molecule has 210 valence electrons. The standard InChI is InChI=1S/C31H30Cl2N6O2/c1-20-25(19-40-17-21-8-4-2-5-9-21)27(41-18-22-10-6-3-7-11-22)16-26(20)35-30-28(29(33)36-31(34)37-30)39-38-24-14-12-23(32)13-15-24/h2-15,25-27H,1,16-19H2,(H3,34,35,36,37)/t25-,26-,27-/m0/s1. The zero-order valence-corrected chi connectivity index (χ0v) is 23.8. The molecule has 1 saturated carbocycles. The van der Waals surface area contributed by atoms with Gasteiger partial charge in [0.1, 0.15) is 0 Å². The molecule has 0 spiro atoms. The summed E-state index contributed by atoms with van der Waals surface area (Å²) in [5, 5.41) is 12.7. The molecular weight excluding hydrogens is 559 g/mol. The predicted molar refractivity (Wildman–Crippen MR) is 163 cm³/mol.